The average Bonchev–Trinajstić information content (AvgIpc) is 2.16. The van der Waals surface area contributed by atoms with Crippen molar-refractivity contribution in [3.05, 3.63) is 22.2 Å². The van der Waals surface area contributed by atoms with Gasteiger partial charge in [-0.1, -0.05) is 23.2 Å². The van der Waals surface area contributed by atoms with Crippen LogP contribution in [0.15, 0.2) is 12.1 Å². The van der Waals surface area contributed by atoms with Crippen molar-refractivity contribution >= 4 is 40.8 Å². The summed E-state index contributed by atoms with van der Waals surface area (Å²) in [6, 6.07) is 3.01. The Morgan fingerprint density at radius 2 is 1.88 bits per heavy atom. The van der Waals surface area contributed by atoms with E-state index >= 15 is 0 Å². The molecule has 0 aromatic heterocycles. The van der Waals surface area contributed by atoms with Crippen LogP contribution < -0.4 is 10.1 Å². The van der Waals surface area contributed by atoms with Gasteiger partial charge in [0.05, 0.1) is 10.7 Å². The number of ether oxygens (including phenoxy) is 1. The molecule has 1 aromatic rings. The first-order valence-corrected chi connectivity index (χ1v) is 5.11. The van der Waals surface area contributed by atoms with Crippen molar-refractivity contribution in [3.63, 3.8) is 0 Å². The van der Waals surface area contributed by atoms with Gasteiger partial charge in [-0.25, -0.2) is 0 Å². The third kappa shape index (κ3) is 3.12. The first kappa shape index (κ1) is 12.8. The smallest absolute Gasteiger partial charge is 0.308 e. The van der Waals surface area contributed by atoms with E-state index in [4.69, 9.17) is 27.9 Å². The van der Waals surface area contributed by atoms with Crippen molar-refractivity contribution in [1.82, 2.24) is 0 Å². The van der Waals surface area contributed by atoms with Gasteiger partial charge in [-0.2, -0.15) is 0 Å². The minimum absolute atomic E-state index is 0.0527. The van der Waals surface area contributed by atoms with Crippen LogP contribution in [0.25, 0.3) is 0 Å². The highest BCUT2D eigenvalue weighted by Crippen LogP contribution is 2.38. The van der Waals surface area contributed by atoms with Gasteiger partial charge in [0, 0.05) is 13.8 Å². The minimum Gasteiger partial charge on any atom is -0.423 e. The first-order valence-electron chi connectivity index (χ1n) is 4.36. The molecular weight excluding hydrogens is 253 g/mol. The number of nitrogens with one attached hydrogen (secondary N) is 1. The van der Waals surface area contributed by atoms with E-state index in [1.54, 1.807) is 0 Å². The summed E-state index contributed by atoms with van der Waals surface area (Å²) in [7, 11) is 0. The molecule has 0 unspecified atom stereocenters. The summed E-state index contributed by atoms with van der Waals surface area (Å²) in [5.41, 5.74) is 0.303. The van der Waals surface area contributed by atoms with E-state index < -0.39 is 5.97 Å². The molecule has 0 aliphatic rings. The number of halogens is 2. The number of hydrogen-bond donors (Lipinski definition) is 1. The molecule has 6 heteroatoms. The molecule has 1 N–H and O–H groups in total. The molecule has 16 heavy (non-hydrogen) atoms. The maximum absolute atomic E-state index is 10.9. The highest BCUT2D eigenvalue weighted by Gasteiger charge is 2.14. The fraction of sp³-hybridized carbons (Fsp3) is 0.200. The number of anilines is 1. The van der Waals surface area contributed by atoms with Crippen LogP contribution in [0.4, 0.5) is 5.69 Å². The molecule has 4 nitrogen and oxygen atoms in total. The van der Waals surface area contributed by atoms with Crippen molar-refractivity contribution in [3.8, 4) is 5.75 Å². The quantitative estimate of drug-likeness (QED) is 0.658. The Bertz CT molecular complexity index is 446. The van der Waals surface area contributed by atoms with Crippen molar-refractivity contribution in [2.45, 2.75) is 13.8 Å². The Morgan fingerprint density at radius 3 is 2.38 bits per heavy atom. The molecule has 1 rings (SSSR count). The largest absolute Gasteiger partial charge is 0.423 e. The molecule has 86 valence electrons. The van der Waals surface area contributed by atoms with Gasteiger partial charge < -0.3 is 10.1 Å². The number of carbonyl (C=O) groups excluding carboxylic acids is 2. The lowest BCUT2D eigenvalue weighted by molar-refractivity contribution is -0.131. The number of hydrogen-bond acceptors (Lipinski definition) is 3. The summed E-state index contributed by atoms with van der Waals surface area (Å²) < 4.78 is 4.89. The standard InChI is InChI=1S/C10H9Cl2NO3/c1-5(14)13-8-4-3-7(11)9(12)10(8)16-6(2)15/h3-4H,1-2H3,(H,13,14). The van der Waals surface area contributed by atoms with Crippen LogP contribution in [-0.4, -0.2) is 11.9 Å². The summed E-state index contributed by atoms with van der Waals surface area (Å²) in [5, 5.41) is 2.82. The van der Waals surface area contributed by atoms with Crippen LogP contribution in [0.2, 0.25) is 10.0 Å². The second kappa shape index (κ2) is 5.18. The van der Waals surface area contributed by atoms with Crippen LogP contribution in [0.3, 0.4) is 0 Å². The molecule has 0 fully saturated rings. The van der Waals surface area contributed by atoms with E-state index in [2.05, 4.69) is 5.32 Å². The third-order valence-corrected chi connectivity index (χ3v) is 2.39. The zero-order valence-corrected chi connectivity index (χ0v) is 10.1. The van der Waals surface area contributed by atoms with Gasteiger partial charge in [0.1, 0.15) is 5.02 Å². The van der Waals surface area contributed by atoms with Crippen LogP contribution in [0, 0.1) is 0 Å². The maximum atomic E-state index is 10.9. The molecule has 0 aliphatic heterocycles. The molecular formula is C10H9Cl2NO3. The van der Waals surface area contributed by atoms with Crippen LogP contribution in [0.5, 0.6) is 5.75 Å². The summed E-state index contributed by atoms with van der Waals surface area (Å²) in [6.45, 7) is 2.56. The summed E-state index contributed by atoms with van der Waals surface area (Å²) >= 11 is 11.6. The van der Waals surface area contributed by atoms with Gasteiger partial charge in [0.2, 0.25) is 5.91 Å². The fourth-order valence-corrected chi connectivity index (χ4v) is 1.42. The van der Waals surface area contributed by atoms with Crippen molar-refractivity contribution < 1.29 is 14.3 Å². The minimum atomic E-state index is -0.546. The first-order chi connectivity index (χ1) is 7.41. The molecule has 1 amide bonds. The Balaban J connectivity index is 3.20. The second-order valence-corrected chi connectivity index (χ2v) is 3.80. The van der Waals surface area contributed by atoms with E-state index in [9.17, 15) is 9.59 Å². The predicted molar refractivity (Wildman–Crippen MR) is 62.1 cm³/mol. The number of benzene rings is 1. The maximum Gasteiger partial charge on any atom is 0.308 e. The number of carbonyl (C=O) groups is 2. The summed E-state index contributed by atoms with van der Waals surface area (Å²) in [6.07, 6.45) is 0. The van der Waals surface area contributed by atoms with E-state index in [-0.39, 0.29) is 21.7 Å². The van der Waals surface area contributed by atoms with Crippen molar-refractivity contribution in [2.24, 2.45) is 0 Å². The molecule has 0 radical (unpaired) electrons. The SMILES string of the molecule is CC(=O)Nc1ccc(Cl)c(Cl)c1OC(C)=O. The van der Waals surface area contributed by atoms with Gasteiger partial charge in [-0.3, -0.25) is 9.59 Å². The molecule has 0 saturated carbocycles. The molecule has 0 spiro atoms. The highest BCUT2D eigenvalue weighted by atomic mass is 35.5. The zero-order valence-electron chi connectivity index (χ0n) is 8.64. The molecule has 0 aliphatic carbocycles. The van der Waals surface area contributed by atoms with Gasteiger partial charge in [0.25, 0.3) is 0 Å². The lowest BCUT2D eigenvalue weighted by atomic mass is 10.3. The Labute approximate surface area is 102 Å². The molecule has 0 heterocycles. The zero-order chi connectivity index (χ0) is 12.3. The normalized spacial score (nSPS) is 9.75. The molecule has 0 saturated heterocycles. The van der Waals surface area contributed by atoms with Crippen molar-refractivity contribution in [1.29, 1.82) is 0 Å². The van der Waals surface area contributed by atoms with Gasteiger partial charge >= 0.3 is 5.97 Å². The molecule has 1 aromatic carbocycles. The number of esters is 1. The Morgan fingerprint density at radius 1 is 1.25 bits per heavy atom. The van der Waals surface area contributed by atoms with Crippen LogP contribution in [-0.2, 0) is 9.59 Å². The second-order valence-electron chi connectivity index (χ2n) is 3.01. The van der Waals surface area contributed by atoms with E-state index in [0.717, 1.165) is 0 Å². The summed E-state index contributed by atoms with van der Waals surface area (Å²) in [5.74, 6) is -0.792. The number of rotatable bonds is 2. The van der Waals surface area contributed by atoms with E-state index in [0.29, 0.717) is 5.69 Å². The topological polar surface area (TPSA) is 55.4 Å². The summed E-state index contributed by atoms with van der Waals surface area (Å²) in [4.78, 5) is 21.8. The Kier molecular flexibility index (Phi) is 4.15. The van der Waals surface area contributed by atoms with E-state index in [1.165, 1.54) is 26.0 Å². The van der Waals surface area contributed by atoms with Gasteiger partial charge in [-0.15, -0.1) is 0 Å². The average molecular weight is 262 g/mol. The van der Waals surface area contributed by atoms with Crippen molar-refractivity contribution in [2.75, 3.05) is 5.32 Å². The van der Waals surface area contributed by atoms with Gasteiger partial charge in [0.15, 0.2) is 5.75 Å². The number of amides is 1. The molecule has 0 atom stereocenters. The highest BCUT2D eigenvalue weighted by molar-refractivity contribution is 6.43. The monoisotopic (exact) mass is 261 g/mol. The third-order valence-electron chi connectivity index (χ3n) is 1.61. The molecule has 0 bridgehead atoms. The lowest BCUT2D eigenvalue weighted by Gasteiger charge is -2.11. The van der Waals surface area contributed by atoms with Crippen LogP contribution >= 0.6 is 23.2 Å². The van der Waals surface area contributed by atoms with Crippen LogP contribution in [0.1, 0.15) is 13.8 Å². The Hall–Kier alpha value is -1.26. The fourth-order valence-electron chi connectivity index (χ4n) is 1.06. The predicted octanol–water partition coefficient (Wildman–Crippen LogP) is 2.88. The van der Waals surface area contributed by atoms with Gasteiger partial charge in [-0.05, 0) is 12.1 Å². The lowest BCUT2D eigenvalue weighted by Crippen LogP contribution is -2.10. The van der Waals surface area contributed by atoms with E-state index in [1.807, 2.05) is 0 Å².